The van der Waals surface area contributed by atoms with Crippen molar-refractivity contribution in [3.63, 3.8) is 0 Å². The quantitative estimate of drug-likeness (QED) is 0.831. The van der Waals surface area contributed by atoms with Crippen molar-refractivity contribution in [3.8, 4) is 5.75 Å². The molecule has 0 unspecified atom stereocenters. The van der Waals surface area contributed by atoms with Gasteiger partial charge in [0.1, 0.15) is 5.75 Å². The number of methoxy groups -OCH3 is 1. The van der Waals surface area contributed by atoms with Crippen LogP contribution in [0.25, 0.3) is 11.0 Å². The van der Waals surface area contributed by atoms with Crippen molar-refractivity contribution in [2.75, 3.05) is 7.11 Å². The van der Waals surface area contributed by atoms with E-state index in [0.717, 1.165) is 34.8 Å². The summed E-state index contributed by atoms with van der Waals surface area (Å²) in [5.41, 5.74) is 1.80. The third kappa shape index (κ3) is 3.38. The summed E-state index contributed by atoms with van der Waals surface area (Å²) in [4.78, 5) is 20.0. The maximum absolute atomic E-state index is 12.2. The molecule has 1 fully saturated rings. The molecule has 1 aromatic carbocycles. The standard InChI is InChI=1S/C16H21N3O2S/c1-10(15(20)17-11-5-3-4-6-11)22-16-18-13-8-7-12(21-2)9-14(13)19-16/h7-11H,3-6H2,1-2H3,(H,17,20)(H,18,19)/t10-/m0/s1. The SMILES string of the molecule is COc1ccc2nc(S[C@@H](C)C(=O)NC3CCCC3)[nH]c2c1. The summed E-state index contributed by atoms with van der Waals surface area (Å²) in [6, 6.07) is 6.07. The summed E-state index contributed by atoms with van der Waals surface area (Å²) in [6.45, 7) is 1.92. The number of amides is 1. The summed E-state index contributed by atoms with van der Waals surface area (Å²) in [7, 11) is 1.64. The van der Waals surface area contributed by atoms with Crippen LogP contribution in [0.1, 0.15) is 32.6 Å². The van der Waals surface area contributed by atoms with Crippen molar-refractivity contribution in [3.05, 3.63) is 18.2 Å². The van der Waals surface area contributed by atoms with Gasteiger partial charge in [0, 0.05) is 12.1 Å². The number of rotatable bonds is 5. The van der Waals surface area contributed by atoms with Crippen LogP contribution in [0.3, 0.4) is 0 Å². The minimum absolute atomic E-state index is 0.0925. The van der Waals surface area contributed by atoms with Crippen LogP contribution < -0.4 is 10.1 Å². The summed E-state index contributed by atoms with van der Waals surface area (Å²) in [5, 5.41) is 3.73. The normalized spacial score (nSPS) is 16.8. The van der Waals surface area contributed by atoms with Gasteiger partial charge in [-0.3, -0.25) is 4.79 Å². The van der Waals surface area contributed by atoms with Crippen LogP contribution in [0.2, 0.25) is 0 Å². The largest absolute Gasteiger partial charge is 0.497 e. The molecule has 1 amide bonds. The molecule has 1 saturated carbocycles. The van der Waals surface area contributed by atoms with E-state index in [0.29, 0.717) is 6.04 Å². The number of thioether (sulfide) groups is 1. The lowest BCUT2D eigenvalue weighted by Gasteiger charge is -2.15. The van der Waals surface area contributed by atoms with Gasteiger partial charge in [0.2, 0.25) is 5.91 Å². The fourth-order valence-electron chi connectivity index (χ4n) is 2.76. The number of nitrogens with zero attached hydrogens (tertiary/aromatic N) is 1. The number of aromatic amines is 1. The molecule has 22 heavy (non-hydrogen) atoms. The van der Waals surface area contributed by atoms with Gasteiger partial charge in [0.25, 0.3) is 0 Å². The van der Waals surface area contributed by atoms with Gasteiger partial charge in [0.15, 0.2) is 5.16 Å². The second-order valence-electron chi connectivity index (χ2n) is 5.68. The van der Waals surface area contributed by atoms with Gasteiger partial charge in [-0.15, -0.1) is 0 Å². The summed E-state index contributed by atoms with van der Waals surface area (Å²) < 4.78 is 5.21. The number of aromatic nitrogens is 2. The Balaban J connectivity index is 1.65. The zero-order chi connectivity index (χ0) is 15.5. The molecule has 1 aliphatic rings. The highest BCUT2D eigenvalue weighted by atomic mass is 32.2. The number of carbonyl (C=O) groups excluding carboxylic acids is 1. The molecular weight excluding hydrogens is 298 g/mol. The van der Waals surface area contributed by atoms with Crippen LogP contribution in [0.5, 0.6) is 5.75 Å². The van der Waals surface area contributed by atoms with Gasteiger partial charge in [-0.2, -0.15) is 0 Å². The molecule has 1 aromatic heterocycles. The Kier molecular flexibility index (Phi) is 4.57. The molecule has 2 N–H and O–H groups in total. The molecule has 0 spiro atoms. The predicted molar refractivity (Wildman–Crippen MR) is 88.4 cm³/mol. The van der Waals surface area contributed by atoms with Crippen LogP contribution in [-0.2, 0) is 4.79 Å². The Hall–Kier alpha value is -1.69. The van der Waals surface area contributed by atoms with E-state index in [4.69, 9.17) is 4.74 Å². The molecule has 5 nitrogen and oxygen atoms in total. The molecule has 6 heteroatoms. The van der Waals surface area contributed by atoms with Gasteiger partial charge < -0.3 is 15.0 Å². The number of hydrogen-bond acceptors (Lipinski definition) is 4. The average molecular weight is 319 g/mol. The molecule has 118 valence electrons. The van der Waals surface area contributed by atoms with Gasteiger partial charge in [-0.25, -0.2) is 4.98 Å². The number of fused-ring (bicyclic) bond motifs is 1. The first-order chi connectivity index (χ1) is 10.7. The highest BCUT2D eigenvalue weighted by Gasteiger charge is 2.22. The number of nitrogens with one attached hydrogen (secondary N) is 2. The maximum Gasteiger partial charge on any atom is 0.233 e. The number of imidazole rings is 1. The number of hydrogen-bond donors (Lipinski definition) is 2. The van der Waals surface area contributed by atoms with E-state index >= 15 is 0 Å². The molecule has 1 atom stereocenters. The van der Waals surface area contributed by atoms with Crippen LogP contribution in [0, 0.1) is 0 Å². The molecule has 0 aliphatic heterocycles. The van der Waals surface area contributed by atoms with E-state index in [1.54, 1.807) is 7.11 Å². The Labute approximate surface area is 134 Å². The molecule has 1 aliphatic carbocycles. The van der Waals surface area contributed by atoms with Crippen molar-refractivity contribution >= 4 is 28.7 Å². The van der Waals surface area contributed by atoms with E-state index in [1.165, 1.54) is 24.6 Å². The van der Waals surface area contributed by atoms with Crippen molar-refractivity contribution in [2.24, 2.45) is 0 Å². The molecule has 3 rings (SSSR count). The highest BCUT2D eigenvalue weighted by molar-refractivity contribution is 8.00. The van der Waals surface area contributed by atoms with Crippen LogP contribution in [0.4, 0.5) is 0 Å². The fourth-order valence-corrected chi connectivity index (χ4v) is 3.59. The summed E-state index contributed by atoms with van der Waals surface area (Å²) in [6.07, 6.45) is 4.65. The van der Waals surface area contributed by atoms with Gasteiger partial charge >= 0.3 is 0 Å². The zero-order valence-electron chi connectivity index (χ0n) is 12.9. The number of benzene rings is 1. The first-order valence-corrected chi connectivity index (χ1v) is 8.54. The minimum Gasteiger partial charge on any atom is -0.497 e. The Bertz CT molecular complexity index is 664. The van der Waals surface area contributed by atoms with E-state index in [9.17, 15) is 4.79 Å². The Morgan fingerprint density at radius 3 is 2.95 bits per heavy atom. The monoisotopic (exact) mass is 319 g/mol. The Morgan fingerprint density at radius 2 is 2.23 bits per heavy atom. The highest BCUT2D eigenvalue weighted by Crippen LogP contribution is 2.26. The Morgan fingerprint density at radius 1 is 1.45 bits per heavy atom. The zero-order valence-corrected chi connectivity index (χ0v) is 13.7. The first-order valence-electron chi connectivity index (χ1n) is 7.66. The van der Waals surface area contributed by atoms with Crippen LogP contribution in [0.15, 0.2) is 23.4 Å². The van der Waals surface area contributed by atoms with E-state index < -0.39 is 0 Å². The predicted octanol–water partition coefficient (Wildman–Crippen LogP) is 3.11. The topological polar surface area (TPSA) is 67.0 Å². The molecule has 0 bridgehead atoms. The van der Waals surface area contributed by atoms with Gasteiger partial charge in [-0.1, -0.05) is 24.6 Å². The molecular formula is C16H21N3O2S. The number of carbonyl (C=O) groups is 1. The van der Waals surface area contributed by atoms with Crippen LogP contribution in [-0.4, -0.2) is 34.3 Å². The van der Waals surface area contributed by atoms with E-state index in [2.05, 4.69) is 15.3 Å². The first kappa shape index (κ1) is 15.2. The van der Waals surface area contributed by atoms with E-state index in [1.807, 2.05) is 25.1 Å². The number of ether oxygens (including phenoxy) is 1. The van der Waals surface area contributed by atoms with E-state index in [-0.39, 0.29) is 11.2 Å². The fraction of sp³-hybridized carbons (Fsp3) is 0.500. The smallest absolute Gasteiger partial charge is 0.233 e. The third-order valence-corrected chi connectivity index (χ3v) is 5.01. The lowest BCUT2D eigenvalue weighted by molar-refractivity contribution is -0.120. The summed E-state index contributed by atoms with van der Waals surface area (Å²) in [5.74, 6) is 0.884. The van der Waals surface area contributed by atoms with Crippen molar-refractivity contribution in [1.29, 1.82) is 0 Å². The molecule has 1 heterocycles. The van der Waals surface area contributed by atoms with Crippen molar-refractivity contribution < 1.29 is 9.53 Å². The minimum atomic E-state index is -0.164. The molecule has 0 saturated heterocycles. The van der Waals surface area contributed by atoms with Gasteiger partial charge in [0.05, 0.1) is 23.4 Å². The average Bonchev–Trinajstić information content (AvgIpc) is 3.14. The number of H-pyrrole nitrogens is 1. The van der Waals surface area contributed by atoms with Crippen LogP contribution >= 0.6 is 11.8 Å². The molecule has 0 radical (unpaired) electrons. The van der Waals surface area contributed by atoms with Crippen molar-refractivity contribution in [2.45, 2.75) is 49.1 Å². The van der Waals surface area contributed by atoms with Gasteiger partial charge in [-0.05, 0) is 31.9 Å². The lowest BCUT2D eigenvalue weighted by Crippen LogP contribution is -2.37. The summed E-state index contributed by atoms with van der Waals surface area (Å²) >= 11 is 1.45. The molecule has 2 aromatic rings. The second-order valence-corrected chi connectivity index (χ2v) is 7.00. The van der Waals surface area contributed by atoms with Crippen molar-refractivity contribution in [1.82, 2.24) is 15.3 Å². The lowest BCUT2D eigenvalue weighted by atomic mass is 10.2. The maximum atomic E-state index is 12.2. The second kappa shape index (κ2) is 6.60. The third-order valence-electron chi connectivity index (χ3n) is 4.03.